The number of carboxylic acids is 1. The van der Waals surface area contributed by atoms with Gasteiger partial charge in [-0.3, -0.25) is 0 Å². The molecule has 1 rings (SSSR count). The number of aryl methyl sites for hydroxylation is 1. The molecule has 2 heteroatoms. The van der Waals surface area contributed by atoms with Gasteiger partial charge in [-0.1, -0.05) is 19.1 Å². The molecule has 0 spiro atoms. The van der Waals surface area contributed by atoms with Crippen LogP contribution in [0, 0.1) is 6.92 Å². The first-order valence-corrected chi connectivity index (χ1v) is 3.85. The van der Waals surface area contributed by atoms with Crippen molar-refractivity contribution < 1.29 is 9.90 Å². The van der Waals surface area contributed by atoms with Crippen molar-refractivity contribution in [1.29, 1.82) is 0 Å². The van der Waals surface area contributed by atoms with Gasteiger partial charge in [-0.05, 0) is 30.5 Å². The van der Waals surface area contributed by atoms with Crippen molar-refractivity contribution >= 4 is 5.97 Å². The normalized spacial score (nSPS) is 9.75. The van der Waals surface area contributed by atoms with E-state index in [9.17, 15) is 4.79 Å². The van der Waals surface area contributed by atoms with Crippen LogP contribution in [0.5, 0.6) is 0 Å². The van der Waals surface area contributed by atoms with E-state index in [0.717, 1.165) is 18.4 Å². The molecule has 0 atom stereocenters. The Bertz CT molecular complexity index is 279. The summed E-state index contributed by atoms with van der Waals surface area (Å²) in [7, 11) is 0. The maximum Gasteiger partial charge on any atom is 0.335 e. The minimum Gasteiger partial charge on any atom is -0.478 e. The summed E-state index contributed by atoms with van der Waals surface area (Å²) in [5.74, 6) is -0.874. The van der Waals surface area contributed by atoms with Crippen LogP contribution in [-0.4, -0.2) is 11.1 Å². The predicted molar refractivity (Wildman–Crippen MR) is 47.1 cm³/mol. The first kappa shape index (κ1) is 8.78. The Hall–Kier alpha value is -1.31. The Kier molecular flexibility index (Phi) is 2.86. The van der Waals surface area contributed by atoms with Gasteiger partial charge < -0.3 is 5.11 Å². The molecule has 0 bridgehead atoms. The second-order valence-electron chi connectivity index (χ2n) is 2.61. The Morgan fingerprint density at radius 3 is 2.83 bits per heavy atom. The van der Waals surface area contributed by atoms with Gasteiger partial charge in [0.1, 0.15) is 0 Å². The van der Waals surface area contributed by atoms with Crippen LogP contribution in [-0.2, 0) is 6.42 Å². The lowest BCUT2D eigenvalue weighted by molar-refractivity contribution is 0.0697. The summed E-state index contributed by atoms with van der Waals surface area (Å²) >= 11 is 0. The zero-order valence-corrected chi connectivity index (χ0v) is 6.79. The second kappa shape index (κ2) is 3.90. The summed E-state index contributed by atoms with van der Waals surface area (Å²) in [5.41, 5.74) is 1.38. The number of benzene rings is 1. The first-order chi connectivity index (χ1) is 5.74. The lowest BCUT2D eigenvalue weighted by atomic mass is 10.1. The maximum absolute atomic E-state index is 10.5. The number of aromatic carboxylic acids is 1. The van der Waals surface area contributed by atoms with E-state index in [2.05, 4.69) is 6.92 Å². The molecule has 0 amide bonds. The number of carbonyl (C=O) groups is 1. The molecule has 0 aliphatic heterocycles. The molecule has 0 saturated carbocycles. The Labute approximate surface area is 71.8 Å². The molecule has 0 aromatic heterocycles. The summed E-state index contributed by atoms with van der Waals surface area (Å²) in [6.07, 6.45) is 1.63. The molecular weight excluding hydrogens is 152 g/mol. The highest BCUT2D eigenvalue weighted by Crippen LogP contribution is 2.06. The highest BCUT2D eigenvalue weighted by molar-refractivity contribution is 5.87. The van der Waals surface area contributed by atoms with E-state index in [4.69, 9.17) is 5.11 Å². The molecular formula is C10H11O2. The van der Waals surface area contributed by atoms with Gasteiger partial charge >= 0.3 is 5.97 Å². The number of rotatable bonds is 3. The maximum atomic E-state index is 10.5. The monoisotopic (exact) mass is 163 g/mol. The molecule has 63 valence electrons. The van der Waals surface area contributed by atoms with E-state index >= 15 is 0 Å². The number of hydrogen-bond acceptors (Lipinski definition) is 1. The zero-order valence-electron chi connectivity index (χ0n) is 6.79. The standard InChI is InChI=1S/C10H11O2/c1-2-4-8-5-3-6-9(7-8)10(11)12/h3,5-7H,1-2,4H2,(H,11,12). The van der Waals surface area contributed by atoms with E-state index in [1.54, 1.807) is 18.2 Å². The molecule has 1 radical (unpaired) electrons. The predicted octanol–water partition coefficient (Wildman–Crippen LogP) is 2.15. The van der Waals surface area contributed by atoms with Crippen LogP contribution in [0.4, 0.5) is 0 Å². The lowest BCUT2D eigenvalue weighted by Gasteiger charge is -1.99. The molecule has 0 aliphatic rings. The molecule has 0 aliphatic carbocycles. The number of hydrogen-bond donors (Lipinski definition) is 1. The van der Waals surface area contributed by atoms with Gasteiger partial charge in [0.05, 0.1) is 5.56 Å². The average Bonchev–Trinajstić information content (AvgIpc) is 2.05. The van der Waals surface area contributed by atoms with Crippen molar-refractivity contribution in [2.75, 3.05) is 0 Å². The lowest BCUT2D eigenvalue weighted by Crippen LogP contribution is -1.96. The van der Waals surface area contributed by atoms with E-state index in [1.807, 2.05) is 6.07 Å². The van der Waals surface area contributed by atoms with E-state index < -0.39 is 5.97 Å². The third kappa shape index (κ3) is 2.09. The fraction of sp³-hybridized carbons (Fsp3) is 0.200. The third-order valence-electron chi connectivity index (χ3n) is 1.64. The van der Waals surface area contributed by atoms with Gasteiger partial charge in [0, 0.05) is 0 Å². The molecule has 0 saturated heterocycles. The van der Waals surface area contributed by atoms with E-state index in [0.29, 0.717) is 5.56 Å². The second-order valence-corrected chi connectivity index (χ2v) is 2.61. The average molecular weight is 163 g/mol. The Balaban J connectivity index is 2.88. The van der Waals surface area contributed by atoms with Crippen molar-refractivity contribution in [2.24, 2.45) is 0 Å². The fourth-order valence-corrected chi connectivity index (χ4v) is 1.06. The minimum absolute atomic E-state index is 0.348. The Morgan fingerprint density at radius 1 is 1.50 bits per heavy atom. The summed E-state index contributed by atoms with van der Waals surface area (Å²) < 4.78 is 0. The summed E-state index contributed by atoms with van der Waals surface area (Å²) in [6.45, 7) is 3.71. The molecule has 1 aromatic rings. The smallest absolute Gasteiger partial charge is 0.335 e. The quantitative estimate of drug-likeness (QED) is 0.741. The molecule has 0 unspecified atom stereocenters. The van der Waals surface area contributed by atoms with Crippen molar-refractivity contribution in [2.45, 2.75) is 12.8 Å². The highest BCUT2D eigenvalue weighted by atomic mass is 16.4. The molecule has 1 N–H and O–H groups in total. The zero-order chi connectivity index (χ0) is 8.97. The van der Waals surface area contributed by atoms with Crippen molar-refractivity contribution in [3.8, 4) is 0 Å². The summed E-state index contributed by atoms with van der Waals surface area (Å²) in [6, 6.07) is 6.95. The van der Waals surface area contributed by atoms with E-state index in [-0.39, 0.29) is 0 Å². The third-order valence-corrected chi connectivity index (χ3v) is 1.64. The Morgan fingerprint density at radius 2 is 2.25 bits per heavy atom. The van der Waals surface area contributed by atoms with Gasteiger partial charge in [-0.2, -0.15) is 0 Å². The fourth-order valence-electron chi connectivity index (χ4n) is 1.06. The molecule has 0 heterocycles. The van der Waals surface area contributed by atoms with Crippen LogP contribution in [0.1, 0.15) is 22.3 Å². The van der Waals surface area contributed by atoms with Gasteiger partial charge in [-0.15, -0.1) is 0 Å². The topological polar surface area (TPSA) is 37.3 Å². The molecule has 12 heavy (non-hydrogen) atoms. The first-order valence-electron chi connectivity index (χ1n) is 3.85. The van der Waals surface area contributed by atoms with Crippen LogP contribution < -0.4 is 0 Å². The van der Waals surface area contributed by atoms with Crippen LogP contribution in [0.15, 0.2) is 24.3 Å². The molecule has 0 fully saturated rings. The van der Waals surface area contributed by atoms with Crippen LogP contribution >= 0.6 is 0 Å². The van der Waals surface area contributed by atoms with Crippen molar-refractivity contribution in [3.63, 3.8) is 0 Å². The van der Waals surface area contributed by atoms with Crippen LogP contribution in [0.2, 0.25) is 0 Å². The molecule has 1 aromatic carbocycles. The van der Waals surface area contributed by atoms with Crippen molar-refractivity contribution in [3.05, 3.63) is 42.3 Å². The van der Waals surface area contributed by atoms with Gasteiger partial charge in [0.25, 0.3) is 0 Å². The molecule has 2 nitrogen and oxygen atoms in total. The summed E-state index contributed by atoms with van der Waals surface area (Å²) in [5, 5.41) is 8.66. The highest BCUT2D eigenvalue weighted by Gasteiger charge is 2.01. The van der Waals surface area contributed by atoms with Gasteiger partial charge in [0.15, 0.2) is 0 Å². The minimum atomic E-state index is -0.874. The van der Waals surface area contributed by atoms with Gasteiger partial charge in [0.2, 0.25) is 0 Å². The van der Waals surface area contributed by atoms with Crippen LogP contribution in [0.3, 0.4) is 0 Å². The number of carboxylic acid groups (broad SMARTS) is 1. The largest absolute Gasteiger partial charge is 0.478 e. The SMILES string of the molecule is [CH2]CCc1cccc(C(=O)O)c1. The van der Waals surface area contributed by atoms with Crippen molar-refractivity contribution in [1.82, 2.24) is 0 Å². The van der Waals surface area contributed by atoms with Crippen LogP contribution in [0.25, 0.3) is 0 Å². The summed E-state index contributed by atoms with van der Waals surface area (Å²) in [4.78, 5) is 10.5. The van der Waals surface area contributed by atoms with Gasteiger partial charge in [-0.25, -0.2) is 4.79 Å². The van der Waals surface area contributed by atoms with E-state index in [1.165, 1.54) is 0 Å².